The molecule has 12 nitrogen and oxygen atoms in total. The summed E-state index contributed by atoms with van der Waals surface area (Å²) >= 11 is 2.98. The van der Waals surface area contributed by atoms with Crippen LogP contribution in [0.5, 0.6) is 0 Å². The lowest BCUT2D eigenvalue weighted by Gasteiger charge is -2.24. The van der Waals surface area contributed by atoms with Gasteiger partial charge in [-0.05, 0) is 43.3 Å². The molecule has 0 aliphatic heterocycles. The van der Waals surface area contributed by atoms with E-state index in [1.54, 1.807) is 0 Å². The Labute approximate surface area is 195 Å². The van der Waals surface area contributed by atoms with Crippen LogP contribution in [0.3, 0.4) is 0 Å². The van der Waals surface area contributed by atoms with Crippen molar-refractivity contribution in [1.82, 2.24) is 16.0 Å². The van der Waals surface area contributed by atoms with Crippen LogP contribution in [-0.2, 0) is 24.0 Å². The highest BCUT2D eigenvalue weighted by molar-refractivity contribution is 7.98. The van der Waals surface area contributed by atoms with E-state index in [2.05, 4.69) is 16.0 Å². The molecule has 4 atom stereocenters. The summed E-state index contributed by atoms with van der Waals surface area (Å²) in [6.45, 7) is -0.809. The number of aliphatic hydroxyl groups excluding tert-OH is 1. The van der Waals surface area contributed by atoms with Gasteiger partial charge in [0.2, 0.25) is 23.6 Å². The second kappa shape index (κ2) is 16.6. The number of primary amides is 1. The maximum Gasteiger partial charge on any atom is 0.326 e. The van der Waals surface area contributed by atoms with Crippen molar-refractivity contribution >= 4 is 53.1 Å². The van der Waals surface area contributed by atoms with E-state index >= 15 is 0 Å². The maximum absolute atomic E-state index is 12.7. The van der Waals surface area contributed by atoms with Crippen LogP contribution in [0.2, 0.25) is 0 Å². The molecule has 0 aromatic rings. The van der Waals surface area contributed by atoms with Crippen molar-refractivity contribution in [2.24, 2.45) is 11.5 Å². The van der Waals surface area contributed by atoms with E-state index < -0.39 is 60.4 Å². The van der Waals surface area contributed by atoms with Crippen LogP contribution in [-0.4, -0.2) is 94.6 Å². The topological polar surface area (TPSA) is 214 Å². The number of carboxylic acid groups (broad SMARTS) is 1. The standard InChI is InChI=1S/C18H33N5O7S2/c1-31-7-5-10(19)15(26)21-11(6-8-32-2)16(27)23-13(9-24)17(28)22-12(18(29)30)3-4-14(20)25/h10-13,24H,3-9,19H2,1-2H3,(H2,20,25)(H,21,26)(H,22,28)(H,23,27)(H,29,30). The molecule has 4 unspecified atom stereocenters. The highest BCUT2D eigenvalue weighted by atomic mass is 32.2. The van der Waals surface area contributed by atoms with E-state index in [9.17, 15) is 34.2 Å². The molecule has 0 aromatic heterocycles. The molecule has 184 valence electrons. The average Bonchev–Trinajstić information content (AvgIpc) is 2.74. The molecule has 0 aromatic carbocycles. The first-order valence-corrected chi connectivity index (χ1v) is 12.6. The molecule has 0 saturated carbocycles. The van der Waals surface area contributed by atoms with Crippen molar-refractivity contribution in [3.05, 3.63) is 0 Å². The van der Waals surface area contributed by atoms with Gasteiger partial charge in [-0.15, -0.1) is 0 Å². The molecule has 0 saturated heterocycles. The van der Waals surface area contributed by atoms with Gasteiger partial charge in [0.15, 0.2) is 0 Å². The molecule has 0 heterocycles. The third-order valence-electron chi connectivity index (χ3n) is 4.32. The molecule has 4 amide bonds. The summed E-state index contributed by atoms with van der Waals surface area (Å²) in [5.41, 5.74) is 10.8. The zero-order valence-electron chi connectivity index (χ0n) is 18.2. The fraction of sp³-hybridized carbons (Fsp3) is 0.722. The molecule has 0 fully saturated rings. The van der Waals surface area contributed by atoms with Crippen LogP contribution in [0.1, 0.15) is 25.7 Å². The molecule has 9 N–H and O–H groups in total. The molecule has 0 bridgehead atoms. The fourth-order valence-corrected chi connectivity index (χ4v) is 3.40. The Hall–Kier alpha value is -2.03. The van der Waals surface area contributed by atoms with Crippen molar-refractivity contribution < 1.29 is 34.2 Å². The number of carbonyl (C=O) groups is 5. The quantitative estimate of drug-likeness (QED) is 0.114. The molecular formula is C18H33N5O7S2. The number of carbonyl (C=O) groups excluding carboxylic acids is 4. The fourth-order valence-electron chi connectivity index (χ4n) is 2.44. The second-order valence-corrected chi connectivity index (χ2v) is 8.85. The van der Waals surface area contributed by atoms with E-state index in [0.29, 0.717) is 17.9 Å². The molecule has 0 radical (unpaired) electrons. The minimum Gasteiger partial charge on any atom is -0.480 e. The molecule has 14 heteroatoms. The van der Waals surface area contributed by atoms with Crippen LogP contribution in [0, 0.1) is 0 Å². The minimum atomic E-state index is -1.46. The Balaban J connectivity index is 5.14. The number of rotatable bonds is 17. The highest BCUT2D eigenvalue weighted by Gasteiger charge is 2.30. The minimum absolute atomic E-state index is 0.247. The highest BCUT2D eigenvalue weighted by Crippen LogP contribution is 2.05. The van der Waals surface area contributed by atoms with Gasteiger partial charge in [-0.3, -0.25) is 19.2 Å². The SMILES string of the molecule is CSCCC(N)C(=O)NC(CCSC)C(=O)NC(CO)C(=O)NC(CCC(N)=O)C(=O)O. The van der Waals surface area contributed by atoms with E-state index in [4.69, 9.17) is 11.5 Å². The zero-order chi connectivity index (χ0) is 24.7. The Morgan fingerprint density at radius 1 is 0.812 bits per heavy atom. The number of hydrogen-bond donors (Lipinski definition) is 7. The number of aliphatic hydroxyl groups is 1. The second-order valence-electron chi connectivity index (χ2n) is 6.88. The summed E-state index contributed by atoms with van der Waals surface area (Å²) < 4.78 is 0. The number of thioether (sulfide) groups is 2. The van der Waals surface area contributed by atoms with Gasteiger partial charge in [-0.25, -0.2) is 4.79 Å². The largest absolute Gasteiger partial charge is 0.480 e. The van der Waals surface area contributed by atoms with E-state index in [1.807, 2.05) is 12.5 Å². The lowest BCUT2D eigenvalue weighted by Crippen LogP contribution is -2.58. The van der Waals surface area contributed by atoms with Gasteiger partial charge in [-0.1, -0.05) is 0 Å². The van der Waals surface area contributed by atoms with Crippen molar-refractivity contribution in [1.29, 1.82) is 0 Å². The van der Waals surface area contributed by atoms with Crippen LogP contribution >= 0.6 is 23.5 Å². The Morgan fingerprint density at radius 2 is 1.31 bits per heavy atom. The van der Waals surface area contributed by atoms with E-state index in [0.717, 1.165) is 0 Å². The lowest BCUT2D eigenvalue weighted by atomic mass is 10.1. The van der Waals surface area contributed by atoms with Gasteiger partial charge in [0.25, 0.3) is 0 Å². The zero-order valence-corrected chi connectivity index (χ0v) is 19.8. The number of carboxylic acids is 1. The summed E-state index contributed by atoms with van der Waals surface area (Å²) in [6, 6.07) is -4.69. The predicted octanol–water partition coefficient (Wildman–Crippen LogP) is -2.38. The summed E-state index contributed by atoms with van der Waals surface area (Å²) in [5.74, 6) is -3.12. The summed E-state index contributed by atoms with van der Waals surface area (Å²) in [4.78, 5) is 59.5. The molecule has 32 heavy (non-hydrogen) atoms. The number of nitrogens with two attached hydrogens (primary N) is 2. The number of aliphatic carboxylic acids is 1. The van der Waals surface area contributed by atoms with Gasteiger partial charge in [0.05, 0.1) is 12.6 Å². The number of hydrogen-bond acceptors (Lipinski definition) is 9. The molecule has 0 spiro atoms. The van der Waals surface area contributed by atoms with Gasteiger partial charge >= 0.3 is 5.97 Å². The van der Waals surface area contributed by atoms with Crippen molar-refractivity contribution in [3.63, 3.8) is 0 Å². The summed E-state index contributed by atoms with van der Waals surface area (Å²) in [7, 11) is 0. The van der Waals surface area contributed by atoms with Crippen molar-refractivity contribution in [2.45, 2.75) is 49.9 Å². The van der Waals surface area contributed by atoms with Crippen LogP contribution < -0.4 is 27.4 Å². The molecule has 0 aliphatic carbocycles. The van der Waals surface area contributed by atoms with Gasteiger partial charge in [0, 0.05) is 6.42 Å². The first-order chi connectivity index (χ1) is 15.1. The third kappa shape index (κ3) is 12.1. The average molecular weight is 496 g/mol. The van der Waals surface area contributed by atoms with Crippen LogP contribution in [0.15, 0.2) is 0 Å². The molecule has 0 rings (SSSR count). The molecular weight excluding hydrogens is 462 g/mol. The smallest absolute Gasteiger partial charge is 0.326 e. The number of nitrogens with one attached hydrogen (secondary N) is 3. The maximum atomic E-state index is 12.7. The first-order valence-electron chi connectivity index (χ1n) is 9.83. The van der Waals surface area contributed by atoms with Gasteiger partial charge in [0.1, 0.15) is 18.1 Å². The van der Waals surface area contributed by atoms with Crippen molar-refractivity contribution in [2.75, 3.05) is 30.6 Å². The summed E-state index contributed by atoms with van der Waals surface area (Å²) in [6.07, 6.45) is 3.86. The van der Waals surface area contributed by atoms with E-state index in [1.165, 1.54) is 23.5 Å². The van der Waals surface area contributed by atoms with Crippen molar-refractivity contribution in [3.8, 4) is 0 Å². The Morgan fingerprint density at radius 3 is 1.81 bits per heavy atom. The van der Waals surface area contributed by atoms with Crippen LogP contribution in [0.25, 0.3) is 0 Å². The number of amides is 4. The monoisotopic (exact) mass is 495 g/mol. The van der Waals surface area contributed by atoms with Gasteiger partial charge in [-0.2, -0.15) is 23.5 Å². The Bertz CT molecular complexity index is 653. The lowest BCUT2D eigenvalue weighted by molar-refractivity contribution is -0.143. The molecule has 0 aliphatic rings. The van der Waals surface area contributed by atoms with Gasteiger partial charge < -0.3 is 37.6 Å². The summed E-state index contributed by atoms with van der Waals surface area (Å²) in [5, 5.41) is 25.8. The third-order valence-corrected chi connectivity index (χ3v) is 5.61. The normalized spacial score (nSPS) is 14.5. The Kier molecular flexibility index (Phi) is 15.5. The first kappa shape index (κ1) is 30.0. The van der Waals surface area contributed by atoms with E-state index in [-0.39, 0.29) is 19.3 Å². The predicted molar refractivity (Wildman–Crippen MR) is 123 cm³/mol. The van der Waals surface area contributed by atoms with Crippen LogP contribution in [0.4, 0.5) is 0 Å².